The Morgan fingerprint density at radius 1 is 0.679 bits per heavy atom. The van der Waals surface area contributed by atoms with Crippen molar-refractivity contribution in [2.45, 2.75) is 135 Å². The summed E-state index contributed by atoms with van der Waals surface area (Å²) in [5.41, 5.74) is 5.48. The summed E-state index contributed by atoms with van der Waals surface area (Å²) >= 11 is 0. The Bertz CT molecular complexity index is 363. The minimum atomic E-state index is -1.43. The van der Waals surface area contributed by atoms with Gasteiger partial charge in [-0.1, -0.05) is 104 Å². The van der Waals surface area contributed by atoms with E-state index < -0.39 is 30.1 Å². The summed E-state index contributed by atoms with van der Waals surface area (Å²) in [5.74, 6) is -1.64. The summed E-state index contributed by atoms with van der Waals surface area (Å²) in [5, 5.41) is 29.8. The highest BCUT2D eigenvalue weighted by atomic mass is 16.3. The van der Waals surface area contributed by atoms with Gasteiger partial charge in [0, 0.05) is 0 Å². The summed E-state index contributed by atoms with van der Waals surface area (Å²) in [6, 6.07) is 0. The van der Waals surface area contributed by atoms with Gasteiger partial charge in [-0.3, -0.25) is 4.79 Å². The molecule has 0 fully saturated rings. The number of rotatable bonds is 20. The highest BCUT2D eigenvalue weighted by Crippen LogP contribution is 2.19. The van der Waals surface area contributed by atoms with Gasteiger partial charge >= 0.3 is 0 Å². The van der Waals surface area contributed by atoms with E-state index >= 15 is 0 Å². The normalized spacial score (nSPS) is 15.9. The Morgan fingerprint density at radius 2 is 1.11 bits per heavy atom. The van der Waals surface area contributed by atoms with Gasteiger partial charge in [-0.15, -0.1) is 0 Å². The molecule has 0 aromatic rings. The van der Waals surface area contributed by atoms with Crippen molar-refractivity contribution >= 4 is 5.78 Å². The van der Waals surface area contributed by atoms with Crippen LogP contribution in [-0.4, -0.2) is 39.5 Å². The number of nitrogens with two attached hydrogens (primary N) is 1. The predicted octanol–water partition coefficient (Wildman–Crippen LogP) is 4.45. The van der Waals surface area contributed by atoms with Gasteiger partial charge in [-0.2, -0.15) is 0 Å². The number of unbranched alkanes of at least 4 members (excludes halogenated alkanes) is 12. The first-order chi connectivity index (χ1) is 13.5. The van der Waals surface area contributed by atoms with Crippen molar-refractivity contribution in [1.29, 1.82) is 0 Å². The number of aliphatic hydroxyl groups excluding tert-OH is 3. The van der Waals surface area contributed by atoms with Crippen LogP contribution in [0.5, 0.6) is 0 Å². The fourth-order valence-corrected chi connectivity index (χ4v) is 3.77. The van der Waals surface area contributed by atoms with Gasteiger partial charge in [0.2, 0.25) is 0 Å². The maximum atomic E-state index is 12.2. The average Bonchev–Trinajstić information content (AvgIpc) is 2.65. The lowest BCUT2D eigenvalue weighted by Gasteiger charge is -2.26. The molecule has 0 spiro atoms. The molecule has 28 heavy (non-hydrogen) atoms. The van der Waals surface area contributed by atoms with Crippen LogP contribution in [0.3, 0.4) is 0 Å². The third-order valence-electron chi connectivity index (χ3n) is 5.60. The SMILES string of the molecule is CCCCCCCCCCCCCCC[C@@H](O)[C@H](C(=O)C(O)CCC)C(N)O. The monoisotopic (exact) mass is 401 g/mol. The molecule has 0 radical (unpaired) electrons. The van der Waals surface area contributed by atoms with Gasteiger partial charge in [-0.05, 0) is 12.8 Å². The molecule has 0 aromatic carbocycles. The zero-order valence-corrected chi connectivity index (χ0v) is 18.5. The Hall–Kier alpha value is -0.490. The molecule has 0 aliphatic rings. The Morgan fingerprint density at radius 3 is 1.50 bits per heavy atom. The molecule has 168 valence electrons. The van der Waals surface area contributed by atoms with Crippen LogP contribution in [0.1, 0.15) is 117 Å². The van der Waals surface area contributed by atoms with Crippen molar-refractivity contribution in [3.63, 3.8) is 0 Å². The molecular formula is C23H47NO4. The van der Waals surface area contributed by atoms with E-state index in [1.54, 1.807) is 0 Å². The molecule has 0 amide bonds. The molecule has 0 saturated heterocycles. The molecule has 0 rings (SSSR count). The minimum absolute atomic E-state index is 0.327. The zero-order chi connectivity index (χ0) is 21.2. The molecule has 0 bridgehead atoms. The van der Waals surface area contributed by atoms with E-state index in [2.05, 4.69) is 6.92 Å². The maximum Gasteiger partial charge on any atom is 0.170 e. The summed E-state index contributed by atoms with van der Waals surface area (Å²) in [4.78, 5) is 12.2. The minimum Gasteiger partial charge on any atom is -0.392 e. The first-order valence-corrected chi connectivity index (χ1v) is 11.8. The van der Waals surface area contributed by atoms with Crippen LogP contribution >= 0.6 is 0 Å². The zero-order valence-electron chi connectivity index (χ0n) is 18.5. The third kappa shape index (κ3) is 13.6. The van der Waals surface area contributed by atoms with E-state index in [-0.39, 0.29) is 0 Å². The van der Waals surface area contributed by atoms with Crippen LogP contribution in [-0.2, 0) is 4.79 Å². The predicted molar refractivity (Wildman–Crippen MR) is 116 cm³/mol. The van der Waals surface area contributed by atoms with E-state index in [0.717, 1.165) is 19.3 Å². The van der Waals surface area contributed by atoms with Gasteiger partial charge < -0.3 is 21.1 Å². The van der Waals surface area contributed by atoms with E-state index in [0.29, 0.717) is 19.3 Å². The molecule has 5 heteroatoms. The number of Topliss-reactive ketones (excluding diaryl/α,β-unsaturated/α-hetero) is 1. The van der Waals surface area contributed by atoms with Gasteiger partial charge in [0.05, 0.1) is 12.0 Å². The van der Waals surface area contributed by atoms with Crippen LogP contribution in [0.4, 0.5) is 0 Å². The van der Waals surface area contributed by atoms with Gasteiger partial charge in [0.15, 0.2) is 5.78 Å². The first-order valence-electron chi connectivity index (χ1n) is 11.8. The molecule has 4 atom stereocenters. The van der Waals surface area contributed by atoms with Crippen LogP contribution in [0.25, 0.3) is 0 Å². The van der Waals surface area contributed by atoms with Crippen LogP contribution in [0.15, 0.2) is 0 Å². The topological polar surface area (TPSA) is 104 Å². The van der Waals surface area contributed by atoms with Crippen LogP contribution < -0.4 is 5.73 Å². The van der Waals surface area contributed by atoms with E-state index in [4.69, 9.17) is 5.73 Å². The van der Waals surface area contributed by atoms with Crippen molar-refractivity contribution in [1.82, 2.24) is 0 Å². The van der Waals surface area contributed by atoms with E-state index in [9.17, 15) is 20.1 Å². The molecular weight excluding hydrogens is 354 g/mol. The molecule has 5 N–H and O–H groups in total. The van der Waals surface area contributed by atoms with Crippen LogP contribution in [0, 0.1) is 5.92 Å². The summed E-state index contributed by atoms with van der Waals surface area (Å²) in [6.07, 6.45) is 14.1. The lowest BCUT2D eigenvalue weighted by molar-refractivity contribution is -0.140. The summed E-state index contributed by atoms with van der Waals surface area (Å²) in [7, 11) is 0. The van der Waals surface area contributed by atoms with Crippen molar-refractivity contribution in [3.8, 4) is 0 Å². The lowest BCUT2D eigenvalue weighted by atomic mass is 9.88. The van der Waals surface area contributed by atoms with Crippen molar-refractivity contribution in [2.75, 3.05) is 0 Å². The van der Waals surface area contributed by atoms with Crippen molar-refractivity contribution in [3.05, 3.63) is 0 Å². The molecule has 0 aliphatic carbocycles. The Labute approximate surface area is 173 Å². The maximum absolute atomic E-state index is 12.2. The number of hydrogen-bond donors (Lipinski definition) is 4. The molecule has 0 aromatic heterocycles. The number of carbonyl (C=O) groups is 1. The van der Waals surface area contributed by atoms with Crippen LogP contribution in [0.2, 0.25) is 0 Å². The lowest BCUT2D eigenvalue weighted by Crippen LogP contribution is -2.46. The number of aliphatic hydroxyl groups is 3. The highest BCUT2D eigenvalue weighted by Gasteiger charge is 2.34. The Balaban J connectivity index is 3.76. The molecule has 0 heterocycles. The smallest absolute Gasteiger partial charge is 0.170 e. The fourth-order valence-electron chi connectivity index (χ4n) is 3.77. The molecule has 2 unspecified atom stereocenters. The second kappa shape index (κ2) is 18.5. The number of ketones is 1. The quantitative estimate of drug-likeness (QED) is 0.178. The number of carbonyl (C=O) groups excluding carboxylic acids is 1. The molecule has 0 aliphatic heterocycles. The first kappa shape index (κ1) is 27.5. The summed E-state index contributed by atoms with van der Waals surface area (Å²) in [6.45, 7) is 4.12. The average molecular weight is 402 g/mol. The third-order valence-corrected chi connectivity index (χ3v) is 5.60. The summed E-state index contributed by atoms with van der Waals surface area (Å²) < 4.78 is 0. The molecule has 0 saturated carbocycles. The van der Waals surface area contributed by atoms with Gasteiger partial charge in [-0.25, -0.2) is 0 Å². The Kier molecular flexibility index (Phi) is 18.2. The highest BCUT2D eigenvalue weighted by molar-refractivity contribution is 5.86. The van der Waals surface area contributed by atoms with E-state index in [1.807, 2.05) is 6.92 Å². The second-order valence-electron chi connectivity index (χ2n) is 8.32. The largest absolute Gasteiger partial charge is 0.392 e. The second-order valence-corrected chi connectivity index (χ2v) is 8.32. The fraction of sp³-hybridized carbons (Fsp3) is 0.957. The van der Waals surface area contributed by atoms with Crippen molar-refractivity contribution in [2.24, 2.45) is 11.7 Å². The molecule has 5 nitrogen and oxygen atoms in total. The standard InChI is InChI=1S/C23H47NO4/c1-3-5-6-7-8-9-10-11-12-13-14-15-16-18-19(25)21(23(24)28)22(27)20(26)17-4-2/h19-21,23,25-26,28H,3-18,24H2,1-2H3/t19-,20?,21-,23?/m1/s1. The number of hydrogen-bond acceptors (Lipinski definition) is 5. The van der Waals surface area contributed by atoms with E-state index in [1.165, 1.54) is 64.2 Å². The van der Waals surface area contributed by atoms with Crippen molar-refractivity contribution < 1.29 is 20.1 Å². The van der Waals surface area contributed by atoms with Gasteiger partial charge in [0.25, 0.3) is 0 Å². The van der Waals surface area contributed by atoms with Gasteiger partial charge in [0.1, 0.15) is 12.3 Å².